The van der Waals surface area contributed by atoms with E-state index in [9.17, 15) is 9.90 Å². The molecule has 20 heavy (non-hydrogen) atoms. The van der Waals surface area contributed by atoms with E-state index >= 15 is 0 Å². The summed E-state index contributed by atoms with van der Waals surface area (Å²) in [5.74, 6) is -1.02. The summed E-state index contributed by atoms with van der Waals surface area (Å²) in [6.45, 7) is 5.51. The number of piperidine rings is 1. The Hall–Kier alpha value is -0.850. The number of carbonyl (C=O) groups excluding carboxylic acids is 1. The highest BCUT2D eigenvalue weighted by Crippen LogP contribution is 2.43. The first-order valence-electron chi connectivity index (χ1n) is 7.04. The first kappa shape index (κ1) is 15.5. The van der Waals surface area contributed by atoms with E-state index < -0.39 is 17.5 Å². The first-order chi connectivity index (χ1) is 9.24. The second-order valence-electron chi connectivity index (χ2n) is 6.56. The maximum absolute atomic E-state index is 12.3. The second-order valence-corrected chi connectivity index (χ2v) is 6.56. The molecule has 2 aliphatic heterocycles. The van der Waals surface area contributed by atoms with E-state index in [1.807, 2.05) is 20.8 Å². The summed E-state index contributed by atoms with van der Waals surface area (Å²) in [5.41, 5.74) is -0.543. The molecule has 0 aromatic carbocycles. The molecule has 6 nitrogen and oxygen atoms in total. The van der Waals surface area contributed by atoms with E-state index in [0.29, 0.717) is 6.42 Å². The molecule has 2 fully saturated rings. The zero-order valence-corrected chi connectivity index (χ0v) is 12.9. The number of rotatable bonds is 2. The minimum absolute atomic E-state index is 0.0156. The van der Waals surface area contributed by atoms with Gasteiger partial charge in [0.15, 0.2) is 5.79 Å². The van der Waals surface area contributed by atoms with Crippen LogP contribution < -0.4 is 0 Å². The Morgan fingerprint density at radius 3 is 2.35 bits per heavy atom. The van der Waals surface area contributed by atoms with Gasteiger partial charge in [-0.1, -0.05) is 0 Å². The van der Waals surface area contributed by atoms with Crippen LogP contribution in [0.15, 0.2) is 0 Å². The number of hydrogen-bond donors (Lipinski definition) is 1. The Kier molecular flexibility index (Phi) is 4.01. The van der Waals surface area contributed by atoms with Gasteiger partial charge in [-0.25, -0.2) is 4.79 Å². The highest BCUT2D eigenvalue weighted by atomic mass is 16.7. The van der Waals surface area contributed by atoms with Gasteiger partial charge >= 0.3 is 6.09 Å². The normalized spacial score (nSPS) is 32.3. The van der Waals surface area contributed by atoms with Gasteiger partial charge in [0.25, 0.3) is 0 Å². The number of methoxy groups -OCH3 is 2. The molecule has 2 bridgehead atoms. The van der Waals surface area contributed by atoms with Crippen LogP contribution in [0.1, 0.15) is 40.0 Å². The molecular formula is C14H25NO5. The van der Waals surface area contributed by atoms with Crippen LogP contribution in [0.5, 0.6) is 0 Å². The average Bonchev–Trinajstić information content (AvgIpc) is 2.70. The fourth-order valence-electron chi connectivity index (χ4n) is 3.26. The summed E-state index contributed by atoms with van der Waals surface area (Å²) in [6, 6.07) is -0.332. The summed E-state index contributed by atoms with van der Waals surface area (Å²) in [7, 11) is 3.05. The molecule has 0 saturated carbocycles. The van der Waals surface area contributed by atoms with E-state index in [2.05, 4.69) is 0 Å². The molecule has 1 amide bonds. The summed E-state index contributed by atoms with van der Waals surface area (Å²) in [4.78, 5) is 14.0. The summed E-state index contributed by atoms with van der Waals surface area (Å²) >= 11 is 0. The van der Waals surface area contributed by atoms with Crippen LogP contribution in [-0.2, 0) is 14.2 Å². The maximum atomic E-state index is 12.3. The minimum atomic E-state index is -1.02. The van der Waals surface area contributed by atoms with Gasteiger partial charge in [0, 0.05) is 26.7 Å². The van der Waals surface area contributed by atoms with E-state index in [1.54, 1.807) is 4.90 Å². The van der Waals surface area contributed by atoms with Gasteiger partial charge < -0.3 is 19.3 Å². The largest absolute Gasteiger partial charge is 0.444 e. The Morgan fingerprint density at radius 1 is 1.25 bits per heavy atom. The maximum Gasteiger partial charge on any atom is 0.410 e. The van der Waals surface area contributed by atoms with Crippen LogP contribution in [0.25, 0.3) is 0 Å². The summed E-state index contributed by atoms with van der Waals surface area (Å²) in [6.07, 6.45) is 0.778. The average molecular weight is 287 g/mol. The lowest BCUT2D eigenvalue weighted by Crippen LogP contribution is -2.64. The van der Waals surface area contributed by atoms with Crippen molar-refractivity contribution in [1.82, 2.24) is 4.90 Å². The van der Waals surface area contributed by atoms with Crippen molar-refractivity contribution in [1.29, 1.82) is 0 Å². The smallest absolute Gasteiger partial charge is 0.410 e. The molecular weight excluding hydrogens is 262 g/mol. The standard InChI is InChI=1S/C14H25NO5/c1-13(2,3)20-12(17)15-9-6-7-10(15)11(16)14(8-9,18-4)19-5/h9-11,16H,6-8H2,1-5H3. The van der Waals surface area contributed by atoms with Crippen LogP contribution in [-0.4, -0.2) is 59.9 Å². The van der Waals surface area contributed by atoms with Crippen molar-refractivity contribution >= 4 is 6.09 Å². The number of hydrogen-bond acceptors (Lipinski definition) is 5. The number of ether oxygens (including phenoxy) is 3. The molecule has 0 radical (unpaired) electrons. The molecule has 2 saturated heterocycles. The van der Waals surface area contributed by atoms with Gasteiger partial charge in [-0.05, 0) is 33.6 Å². The monoisotopic (exact) mass is 287 g/mol. The predicted octanol–water partition coefficient (Wildman–Crippen LogP) is 1.51. The van der Waals surface area contributed by atoms with Gasteiger partial charge in [0.1, 0.15) is 11.7 Å². The van der Waals surface area contributed by atoms with E-state index in [0.717, 1.165) is 12.8 Å². The molecule has 3 atom stereocenters. The molecule has 0 spiro atoms. The third kappa shape index (κ3) is 2.52. The molecule has 0 aliphatic carbocycles. The highest BCUT2D eigenvalue weighted by molar-refractivity contribution is 5.70. The Bertz CT molecular complexity index is 374. The van der Waals surface area contributed by atoms with E-state index in [1.165, 1.54) is 14.2 Å². The van der Waals surface area contributed by atoms with E-state index in [-0.39, 0.29) is 18.2 Å². The number of amides is 1. The van der Waals surface area contributed by atoms with Gasteiger partial charge in [0.2, 0.25) is 0 Å². The quantitative estimate of drug-likeness (QED) is 0.780. The molecule has 1 N–H and O–H groups in total. The number of aliphatic hydroxyl groups excluding tert-OH is 1. The molecule has 2 aliphatic rings. The summed E-state index contributed by atoms with van der Waals surface area (Å²) in [5, 5.41) is 10.5. The number of carbonyl (C=O) groups is 1. The molecule has 116 valence electrons. The summed E-state index contributed by atoms with van der Waals surface area (Å²) < 4.78 is 16.2. The molecule has 0 aromatic rings. The Balaban J connectivity index is 2.19. The fraction of sp³-hybridized carbons (Fsp3) is 0.929. The van der Waals surface area contributed by atoms with E-state index in [4.69, 9.17) is 14.2 Å². The molecule has 2 heterocycles. The van der Waals surface area contributed by atoms with Crippen molar-refractivity contribution in [3.8, 4) is 0 Å². The van der Waals surface area contributed by atoms with Crippen molar-refractivity contribution in [2.45, 2.75) is 69.6 Å². The highest BCUT2D eigenvalue weighted by Gasteiger charge is 2.58. The van der Waals surface area contributed by atoms with Crippen LogP contribution in [0.4, 0.5) is 4.79 Å². The van der Waals surface area contributed by atoms with Crippen molar-refractivity contribution in [3.63, 3.8) is 0 Å². The second kappa shape index (κ2) is 5.16. The van der Waals surface area contributed by atoms with Crippen molar-refractivity contribution < 1.29 is 24.1 Å². The van der Waals surface area contributed by atoms with Gasteiger partial charge in [-0.15, -0.1) is 0 Å². The predicted molar refractivity (Wildman–Crippen MR) is 72.3 cm³/mol. The minimum Gasteiger partial charge on any atom is -0.444 e. The molecule has 0 aromatic heterocycles. The van der Waals surface area contributed by atoms with Gasteiger partial charge in [-0.2, -0.15) is 0 Å². The zero-order chi connectivity index (χ0) is 15.1. The fourth-order valence-corrected chi connectivity index (χ4v) is 3.26. The SMILES string of the molecule is COC1(OC)CC2CCC(C1O)N2C(=O)OC(C)(C)C. The van der Waals surface area contributed by atoms with Crippen LogP contribution in [0, 0.1) is 0 Å². The lowest BCUT2D eigenvalue weighted by molar-refractivity contribution is -0.289. The van der Waals surface area contributed by atoms with Crippen LogP contribution >= 0.6 is 0 Å². The Labute approximate surface area is 120 Å². The Morgan fingerprint density at radius 2 is 1.85 bits per heavy atom. The van der Waals surface area contributed by atoms with Crippen molar-refractivity contribution in [2.24, 2.45) is 0 Å². The van der Waals surface area contributed by atoms with Gasteiger partial charge in [-0.3, -0.25) is 4.90 Å². The topological polar surface area (TPSA) is 68.2 Å². The van der Waals surface area contributed by atoms with Crippen molar-refractivity contribution in [2.75, 3.05) is 14.2 Å². The first-order valence-corrected chi connectivity index (χ1v) is 7.04. The number of nitrogens with zero attached hydrogens (tertiary/aromatic N) is 1. The third-order valence-electron chi connectivity index (χ3n) is 4.18. The molecule has 3 unspecified atom stereocenters. The van der Waals surface area contributed by atoms with Crippen LogP contribution in [0.3, 0.4) is 0 Å². The number of aliphatic hydroxyl groups is 1. The molecule has 2 rings (SSSR count). The number of fused-ring (bicyclic) bond motifs is 2. The third-order valence-corrected chi connectivity index (χ3v) is 4.18. The van der Waals surface area contributed by atoms with Crippen LogP contribution in [0.2, 0.25) is 0 Å². The lowest BCUT2D eigenvalue weighted by atomic mass is 9.93. The lowest BCUT2D eigenvalue weighted by Gasteiger charge is -2.47. The van der Waals surface area contributed by atoms with Crippen molar-refractivity contribution in [3.05, 3.63) is 0 Å². The van der Waals surface area contributed by atoms with Gasteiger partial charge in [0.05, 0.1) is 6.04 Å². The molecule has 6 heteroatoms. The zero-order valence-electron chi connectivity index (χ0n) is 12.9.